The summed E-state index contributed by atoms with van der Waals surface area (Å²) in [7, 11) is 3.44. The second-order valence-electron chi connectivity index (χ2n) is 8.77. The summed E-state index contributed by atoms with van der Waals surface area (Å²) in [5, 5.41) is 0. The van der Waals surface area contributed by atoms with Crippen LogP contribution in [-0.2, 0) is 16.1 Å². The average molecular weight is 437 g/mol. The van der Waals surface area contributed by atoms with E-state index in [0.717, 1.165) is 38.4 Å². The van der Waals surface area contributed by atoms with E-state index >= 15 is 0 Å². The summed E-state index contributed by atoms with van der Waals surface area (Å²) < 4.78 is 5.93. The van der Waals surface area contributed by atoms with Gasteiger partial charge < -0.3 is 19.4 Å². The molecule has 0 spiro atoms. The molecule has 0 aliphatic carbocycles. The lowest BCUT2D eigenvalue weighted by Gasteiger charge is -2.39. The quantitative estimate of drug-likeness (QED) is 0.718. The zero-order chi connectivity index (χ0) is 22.7. The van der Waals surface area contributed by atoms with Crippen LogP contribution in [0.3, 0.4) is 0 Å². The third kappa shape index (κ3) is 4.88. The van der Waals surface area contributed by atoms with Crippen molar-refractivity contribution in [1.29, 1.82) is 0 Å². The lowest BCUT2D eigenvalue weighted by molar-refractivity contribution is -0.136. The minimum absolute atomic E-state index is 0.0910. The van der Waals surface area contributed by atoms with Crippen molar-refractivity contribution in [3.63, 3.8) is 0 Å². The van der Waals surface area contributed by atoms with Crippen LogP contribution in [0.4, 0.5) is 5.69 Å². The first-order valence-electron chi connectivity index (χ1n) is 11.2. The number of aryl methyl sites for hydroxylation is 1. The van der Waals surface area contributed by atoms with Gasteiger partial charge in [0, 0.05) is 46.8 Å². The second-order valence-corrected chi connectivity index (χ2v) is 8.77. The SMILES string of the molecule is Cc1ccccc1CN1CCN(C(=O)CN2CC(C(=O)N(C)C)Oc3ccccc32)CC1. The maximum atomic E-state index is 13.1. The smallest absolute Gasteiger partial charge is 0.265 e. The fourth-order valence-electron chi connectivity index (χ4n) is 4.32. The number of fused-ring (bicyclic) bond motifs is 1. The van der Waals surface area contributed by atoms with E-state index < -0.39 is 6.10 Å². The number of anilines is 1. The summed E-state index contributed by atoms with van der Waals surface area (Å²) in [6.07, 6.45) is -0.612. The summed E-state index contributed by atoms with van der Waals surface area (Å²) in [6, 6.07) is 16.1. The van der Waals surface area contributed by atoms with Crippen molar-refractivity contribution in [2.75, 3.05) is 58.3 Å². The van der Waals surface area contributed by atoms with Crippen LogP contribution >= 0.6 is 0 Å². The summed E-state index contributed by atoms with van der Waals surface area (Å²) >= 11 is 0. The zero-order valence-electron chi connectivity index (χ0n) is 19.2. The fraction of sp³-hybridized carbons (Fsp3) is 0.440. The van der Waals surface area contributed by atoms with Crippen molar-refractivity contribution in [3.8, 4) is 5.75 Å². The molecule has 0 radical (unpaired) electrons. The molecule has 0 bridgehead atoms. The average Bonchev–Trinajstić information content (AvgIpc) is 2.80. The number of nitrogens with zero attached hydrogens (tertiary/aromatic N) is 4. The van der Waals surface area contributed by atoms with Crippen molar-refractivity contribution in [2.24, 2.45) is 0 Å². The highest BCUT2D eigenvalue weighted by Crippen LogP contribution is 2.33. The molecule has 2 aromatic rings. The number of amides is 2. The number of hydrogen-bond donors (Lipinski definition) is 0. The highest BCUT2D eigenvalue weighted by atomic mass is 16.5. The van der Waals surface area contributed by atoms with Gasteiger partial charge in [0.2, 0.25) is 5.91 Å². The van der Waals surface area contributed by atoms with Crippen LogP contribution in [0.2, 0.25) is 0 Å². The Labute approximate surface area is 190 Å². The van der Waals surface area contributed by atoms with Gasteiger partial charge in [-0.1, -0.05) is 36.4 Å². The Morgan fingerprint density at radius 1 is 1.00 bits per heavy atom. The Morgan fingerprint density at radius 3 is 2.41 bits per heavy atom. The molecule has 1 atom stereocenters. The number of rotatable bonds is 5. The number of carbonyl (C=O) groups is 2. The number of piperazine rings is 1. The lowest BCUT2D eigenvalue weighted by atomic mass is 10.1. The molecule has 7 heteroatoms. The normalized spacial score (nSPS) is 18.7. The van der Waals surface area contributed by atoms with Gasteiger partial charge in [-0.05, 0) is 30.2 Å². The summed E-state index contributed by atoms with van der Waals surface area (Å²) in [4.78, 5) is 33.5. The van der Waals surface area contributed by atoms with E-state index in [4.69, 9.17) is 4.74 Å². The van der Waals surface area contributed by atoms with Gasteiger partial charge in [-0.2, -0.15) is 0 Å². The number of benzene rings is 2. The minimum atomic E-state index is -0.612. The number of likely N-dealkylation sites (N-methyl/N-ethyl adjacent to an activating group) is 1. The molecule has 1 fully saturated rings. The van der Waals surface area contributed by atoms with Crippen molar-refractivity contribution in [3.05, 3.63) is 59.7 Å². The molecule has 7 nitrogen and oxygen atoms in total. The van der Waals surface area contributed by atoms with Crippen LogP contribution in [0.1, 0.15) is 11.1 Å². The fourth-order valence-corrected chi connectivity index (χ4v) is 4.32. The van der Waals surface area contributed by atoms with Crippen LogP contribution in [0.25, 0.3) is 0 Å². The van der Waals surface area contributed by atoms with Crippen LogP contribution in [0, 0.1) is 6.92 Å². The first kappa shape index (κ1) is 22.1. The molecule has 32 heavy (non-hydrogen) atoms. The Balaban J connectivity index is 1.37. The monoisotopic (exact) mass is 436 g/mol. The molecule has 0 saturated carbocycles. The van der Waals surface area contributed by atoms with Crippen molar-refractivity contribution in [2.45, 2.75) is 19.6 Å². The topological polar surface area (TPSA) is 56.3 Å². The van der Waals surface area contributed by atoms with Gasteiger partial charge in [0.05, 0.1) is 18.8 Å². The molecule has 2 aliphatic rings. The van der Waals surface area contributed by atoms with E-state index in [2.05, 4.69) is 36.1 Å². The number of hydrogen-bond acceptors (Lipinski definition) is 5. The third-order valence-electron chi connectivity index (χ3n) is 6.28. The summed E-state index contributed by atoms with van der Waals surface area (Å²) in [5.74, 6) is 0.643. The molecule has 4 rings (SSSR count). The Kier molecular flexibility index (Phi) is 6.65. The van der Waals surface area contributed by atoms with E-state index in [-0.39, 0.29) is 18.4 Å². The largest absolute Gasteiger partial charge is 0.477 e. The molecule has 170 valence electrons. The Morgan fingerprint density at radius 2 is 1.69 bits per heavy atom. The Bertz CT molecular complexity index is 969. The molecule has 2 amide bonds. The summed E-state index contributed by atoms with van der Waals surface area (Å²) in [5.41, 5.74) is 3.51. The first-order valence-corrected chi connectivity index (χ1v) is 11.2. The van der Waals surface area contributed by atoms with Crippen LogP contribution in [0.5, 0.6) is 5.75 Å². The molecule has 2 aliphatic heterocycles. The molecule has 0 aromatic heterocycles. The number of ether oxygens (including phenoxy) is 1. The third-order valence-corrected chi connectivity index (χ3v) is 6.28. The van der Waals surface area contributed by atoms with Crippen molar-refractivity contribution >= 4 is 17.5 Å². The van der Waals surface area contributed by atoms with Gasteiger partial charge in [-0.15, -0.1) is 0 Å². The molecule has 0 N–H and O–H groups in total. The summed E-state index contributed by atoms with van der Waals surface area (Å²) in [6.45, 7) is 6.84. The predicted molar refractivity (Wildman–Crippen MR) is 125 cm³/mol. The van der Waals surface area contributed by atoms with Gasteiger partial charge >= 0.3 is 0 Å². The maximum absolute atomic E-state index is 13.1. The van der Waals surface area contributed by atoms with E-state index in [0.29, 0.717) is 12.3 Å². The van der Waals surface area contributed by atoms with Gasteiger partial charge in [0.15, 0.2) is 6.10 Å². The van der Waals surface area contributed by atoms with Gasteiger partial charge in [-0.25, -0.2) is 0 Å². The van der Waals surface area contributed by atoms with Gasteiger partial charge in [0.1, 0.15) is 5.75 Å². The molecule has 2 aromatic carbocycles. The Hall–Kier alpha value is -3.06. The molecular formula is C25H32N4O3. The lowest BCUT2D eigenvalue weighted by Crippen LogP contribution is -2.54. The first-order chi connectivity index (χ1) is 15.4. The highest BCUT2D eigenvalue weighted by molar-refractivity contribution is 5.86. The van der Waals surface area contributed by atoms with Gasteiger partial charge in [0.25, 0.3) is 5.91 Å². The van der Waals surface area contributed by atoms with E-state index in [1.807, 2.05) is 34.1 Å². The van der Waals surface area contributed by atoms with Crippen molar-refractivity contribution in [1.82, 2.24) is 14.7 Å². The molecular weight excluding hydrogens is 404 g/mol. The van der Waals surface area contributed by atoms with E-state index in [1.54, 1.807) is 14.1 Å². The van der Waals surface area contributed by atoms with Gasteiger partial charge in [-0.3, -0.25) is 14.5 Å². The molecule has 1 unspecified atom stereocenters. The highest BCUT2D eigenvalue weighted by Gasteiger charge is 2.33. The molecule has 1 saturated heterocycles. The number of carbonyl (C=O) groups excluding carboxylic acids is 2. The zero-order valence-corrected chi connectivity index (χ0v) is 19.2. The van der Waals surface area contributed by atoms with Crippen molar-refractivity contribution < 1.29 is 14.3 Å². The maximum Gasteiger partial charge on any atom is 0.265 e. The standard InChI is InChI=1S/C25H32N4O3/c1-19-8-4-5-9-20(19)16-27-12-14-28(15-13-27)24(30)18-29-17-23(25(31)26(2)3)32-22-11-7-6-10-21(22)29/h4-11,23H,12-18H2,1-3H3. The minimum Gasteiger partial charge on any atom is -0.477 e. The van der Waals surface area contributed by atoms with Crippen LogP contribution < -0.4 is 9.64 Å². The second kappa shape index (κ2) is 9.61. The molecule has 2 heterocycles. The number of para-hydroxylation sites is 2. The van der Waals surface area contributed by atoms with E-state index in [1.165, 1.54) is 16.0 Å². The van der Waals surface area contributed by atoms with E-state index in [9.17, 15) is 9.59 Å². The van der Waals surface area contributed by atoms with Crippen LogP contribution in [0.15, 0.2) is 48.5 Å². The predicted octanol–water partition coefficient (Wildman–Crippen LogP) is 2.00. The van der Waals surface area contributed by atoms with Crippen LogP contribution in [-0.4, -0.2) is 86.0 Å².